The van der Waals surface area contributed by atoms with E-state index in [1.807, 2.05) is 13.0 Å². The lowest BCUT2D eigenvalue weighted by atomic mass is 9.96. The van der Waals surface area contributed by atoms with Gasteiger partial charge in [-0.25, -0.2) is 4.98 Å². The highest BCUT2D eigenvalue weighted by Crippen LogP contribution is 2.12. The summed E-state index contributed by atoms with van der Waals surface area (Å²) in [6.45, 7) is 7.19. The monoisotopic (exact) mass is 249 g/mol. The van der Waals surface area contributed by atoms with E-state index in [9.17, 15) is 9.59 Å². The number of carbonyl (C=O) groups is 2. The van der Waals surface area contributed by atoms with Crippen LogP contribution in [0, 0.1) is 12.3 Å². The number of carbonyl (C=O) groups excluding carboxylic acids is 2. The maximum atomic E-state index is 11.6. The Hall–Kier alpha value is -1.91. The van der Waals surface area contributed by atoms with Gasteiger partial charge in [0.15, 0.2) is 0 Å². The van der Waals surface area contributed by atoms with Gasteiger partial charge in [0.2, 0.25) is 11.8 Å². The van der Waals surface area contributed by atoms with E-state index in [-0.39, 0.29) is 18.4 Å². The van der Waals surface area contributed by atoms with E-state index >= 15 is 0 Å². The van der Waals surface area contributed by atoms with Gasteiger partial charge in [-0.1, -0.05) is 26.8 Å². The summed E-state index contributed by atoms with van der Waals surface area (Å²) < 4.78 is 0. The molecule has 18 heavy (non-hydrogen) atoms. The molecule has 5 heteroatoms. The molecular formula is C13H19N3O2. The van der Waals surface area contributed by atoms with Crippen molar-refractivity contribution < 1.29 is 9.59 Å². The third kappa shape index (κ3) is 4.16. The topological polar surface area (TPSA) is 71.1 Å². The first-order chi connectivity index (χ1) is 8.30. The number of nitrogens with zero attached hydrogens (tertiary/aromatic N) is 1. The number of hydrogen-bond acceptors (Lipinski definition) is 3. The Kier molecular flexibility index (Phi) is 4.42. The molecule has 0 saturated carbocycles. The first kappa shape index (κ1) is 14.2. The second-order valence-corrected chi connectivity index (χ2v) is 5.15. The molecule has 0 fully saturated rings. The number of aromatic nitrogens is 1. The van der Waals surface area contributed by atoms with Gasteiger partial charge < -0.3 is 10.6 Å². The standard InChI is InChI=1S/C13H19N3O2/c1-9-6-5-7-14-11(9)16-10(17)8-15-12(18)13(2,3)4/h5-7H,8H2,1-4H3,(H,15,18)(H,14,16,17). The maximum Gasteiger partial charge on any atom is 0.244 e. The van der Waals surface area contributed by atoms with E-state index in [4.69, 9.17) is 0 Å². The van der Waals surface area contributed by atoms with Crippen molar-refractivity contribution in [3.8, 4) is 0 Å². The predicted octanol–water partition coefficient (Wildman–Crippen LogP) is 1.49. The molecule has 0 aliphatic carbocycles. The summed E-state index contributed by atoms with van der Waals surface area (Å²) in [5, 5.41) is 5.24. The lowest BCUT2D eigenvalue weighted by Gasteiger charge is -2.17. The molecule has 0 bridgehead atoms. The van der Waals surface area contributed by atoms with Crippen LogP contribution in [-0.4, -0.2) is 23.3 Å². The average Bonchev–Trinajstić information content (AvgIpc) is 2.27. The first-order valence-corrected chi connectivity index (χ1v) is 5.80. The third-order valence-corrected chi connectivity index (χ3v) is 2.36. The normalized spacial score (nSPS) is 10.9. The maximum absolute atomic E-state index is 11.6. The minimum Gasteiger partial charge on any atom is -0.347 e. The Morgan fingerprint density at radius 3 is 2.56 bits per heavy atom. The van der Waals surface area contributed by atoms with E-state index in [0.29, 0.717) is 5.82 Å². The van der Waals surface area contributed by atoms with Gasteiger partial charge in [-0.2, -0.15) is 0 Å². The Bertz CT molecular complexity index is 450. The van der Waals surface area contributed by atoms with Crippen LogP contribution in [0.25, 0.3) is 0 Å². The number of pyridine rings is 1. The second-order valence-electron chi connectivity index (χ2n) is 5.15. The molecule has 5 nitrogen and oxygen atoms in total. The van der Waals surface area contributed by atoms with Crippen molar-refractivity contribution in [3.63, 3.8) is 0 Å². The molecule has 1 aromatic heterocycles. The van der Waals surface area contributed by atoms with Gasteiger partial charge in [-0.05, 0) is 18.6 Å². The van der Waals surface area contributed by atoms with Crippen LogP contribution in [-0.2, 0) is 9.59 Å². The van der Waals surface area contributed by atoms with Gasteiger partial charge in [0.1, 0.15) is 5.82 Å². The summed E-state index contributed by atoms with van der Waals surface area (Å²) in [6.07, 6.45) is 1.61. The van der Waals surface area contributed by atoms with Crippen LogP contribution in [0.3, 0.4) is 0 Å². The van der Waals surface area contributed by atoms with Crippen LogP contribution >= 0.6 is 0 Å². The molecule has 0 atom stereocenters. The molecule has 0 aromatic carbocycles. The fourth-order valence-corrected chi connectivity index (χ4v) is 1.22. The van der Waals surface area contributed by atoms with Crippen LogP contribution in [0.5, 0.6) is 0 Å². The van der Waals surface area contributed by atoms with Crippen LogP contribution in [0.4, 0.5) is 5.82 Å². The SMILES string of the molecule is Cc1cccnc1NC(=O)CNC(=O)C(C)(C)C. The summed E-state index contributed by atoms with van der Waals surface area (Å²) in [4.78, 5) is 27.3. The van der Waals surface area contributed by atoms with E-state index in [1.54, 1.807) is 33.0 Å². The summed E-state index contributed by atoms with van der Waals surface area (Å²) in [5.74, 6) is 0.0808. The van der Waals surface area contributed by atoms with Crippen molar-refractivity contribution in [3.05, 3.63) is 23.9 Å². The number of amides is 2. The van der Waals surface area contributed by atoms with Gasteiger partial charge in [-0.15, -0.1) is 0 Å². The van der Waals surface area contributed by atoms with Gasteiger partial charge in [0.25, 0.3) is 0 Å². The van der Waals surface area contributed by atoms with E-state index in [1.165, 1.54) is 0 Å². The Labute approximate surface area is 107 Å². The summed E-state index contributed by atoms with van der Waals surface area (Å²) in [7, 11) is 0. The molecule has 0 aliphatic heterocycles. The summed E-state index contributed by atoms with van der Waals surface area (Å²) in [6, 6.07) is 3.66. The Morgan fingerprint density at radius 2 is 2.00 bits per heavy atom. The number of aryl methyl sites for hydroxylation is 1. The van der Waals surface area contributed by atoms with Gasteiger partial charge >= 0.3 is 0 Å². The second kappa shape index (κ2) is 5.62. The highest BCUT2D eigenvalue weighted by Gasteiger charge is 2.21. The minimum absolute atomic E-state index is 0.0495. The van der Waals surface area contributed by atoms with Crippen LogP contribution in [0.15, 0.2) is 18.3 Å². The van der Waals surface area contributed by atoms with E-state index in [2.05, 4.69) is 15.6 Å². The van der Waals surface area contributed by atoms with Crippen LogP contribution in [0.2, 0.25) is 0 Å². The Balaban J connectivity index is 2.49. The molecule has 1 aromatic rings. The van der Waals surface area contributed by atoms with Crippen molar-refractivity contribution in [2.24, 2.45) is 5.41 Å². The van der Waals surface area contributed by atoms with E-state index < -0.39 is 5.41 Å². The summed E-state index contributed by atoms with van der Waals surface area (Å²) in [5.41, 5.74) is 0.384. The lowest BCUT2D eigenvalue weighted by molar-refractivity contribution is -0.130. The van der Waals surface area contributed by atoms with Gasteiger partial charge in [0, 0.05) is 11.6 Å². The van der Waals surface area contributed by atoms with Crippen LogP contribution in [0.1, 0.15) is 26.3 Å². The van der Waals surface area contributed by atoms with Gasteiger partial charge in [-0.3, -0.25) is 9.59 Å². The molecule has 1 heterocycles. The molecule has 98 valence electrons. The molecule has 0 saturated heterocycles. The molecule has 0 spiro atoms. The largest absolute Gasteiger partial charge is 0.347 e. The molecule has 0 aliphatic rings. The quantitative estimate of drug-likeness (QED) is 0.852. The smallest absolute Gasteiger partial charge is 0.244 e. The molecular weight excluding hydrogens is 230 g/mol. The van der Waals surface area contributed by atoms with Crippen molar-refractivity contribution in [1.29, 1.82) is 0 Å². The number of anilines is 1. The van der Waals surface area contributed by atoms with Gasteiger partial charge in [0.05, 0.1) is 6.54 Å². The van der Waals surface area contributed by atoms with Crippen molar-refractivity contribution in [2.75, 3.05) is 11.9 Å². The zero-order valence-corrected chi connectivity index (χ0v) is 11.2. The van der Waals surface area contributed by atoms with Crippen molar-refractivity contribution in [1.82, 2.24) is 10.3 Å². The number of hydrogen-bond donors (Lipinski definition) is 2. The number of rotatable bonds is 3. The number of nitrogens with one attached hydrogen (secondary N) is 2. The predicted molar refractivity (Wildman–Crippen MR) is 70.1 cm³/mol. The minimum atomic E-state index is -0.499. The fraction of sp³-hybridized carbons (Fsp3) is 0.462. The fourth-order valence-electron chi connectivity index (χ4n) is 1.22. The van der Waals surface area contributed by atoms with Crippen LogP contribution < -0.4 is 10.6 Å². The van der Waals surface area contributed by atoms with Crippen molar-refractivity contribution in [2.45, 2.75) is 27.7 Å². The zero-order valence-electron chi connectivity index (χ0n) is 11.2. The van der Waals surface area contributed by atoms with Crippen molar-refractivity contribution >= 4 is 17.6 Å². The summed E-state index contributed by atoms with van der Waals surface area (Å²) >= 11 is 0. The highest BCUT2D eigenvalue weighted by molar-refractivity contribution is 5.94. The average molecular weight is 249 g/mol. The zero-order chi connectivity index (χ0) is 13.8. The molecule has 0 radical (unpaired) electrons. The molecule has 2 amide bonds. The van der Waals surface area contributed by atoms with E-state index in [0.717, 1.165) is 5.56 Å². The molecule has 0 unspecified atom stereocenters. The first-order valence-electron chi connectivity index (χ1n) is 5.80. The Morgan fingerprint density at radius 1 is 1.33 bits per heavy atom. The molecule has 2 N–H and O–H groups in total. The lowest BCUT2D eigenvalue weighted by Crippen LogP contribution is -2.39. The molecule has 1 rings (SSSR count). The third-order valence-electron chi connectivity index (χ3n) is 2.36. The highest BCUT2D eigenvalue weighted by atomic mass is 16.2.